The molecule has 0 aliphatic heterocycles. The van der Waals surface area contributed by atoms with E-state index in [1.54, 1.807) is 23.5 Å². The van der Waals surface area contributed by atoms with E-state index >= 15 is 0 Å². The van der Waals surface area contributed by atoms with Gasteiger partial charge in [-0.2, -0.15) is 0 Å². The average Bonchev–Trinajstić information content (AvgIpc) is 2.95. The zero-order valence-corrected chi connectivity index (χ0v) is 13.4. The molecule has 0 atom stereocenters. The number of hydrogen-bond acceptors (Lipinski definition) is 3. The van der Waals surface area contributed by atoms with Gasteiger partial charge < -0.3 is 5.32 Å². The predicted molar refractivity (Wildman–Crippen MR) is 89.0 cm³/mol. The monoisotopic (exact) mass is 362 g/mol. The number of anilines is 1. The molecule has 0 fully saturated rings. The Bertz CT molecular complexity index is 740. The molecule has 5 heteroatoms. The number of benzene rings is 2. The quantitative estimate of drug-likeness (QED) is 0.678. The third-order valence-corrected chi connectivity index (χ3v) is 4.37. The van der Waals surface area contributed by atoms with Crippen LogP contribution in [0.4, 0.5) is 10.1 Å². The highest BCUT2D eigenvalue weighted by atomic mass is 79.9. The summed E-state index contributed by atoms with van der Waals surface area (Å²) in [6.45, 7) is 0.661. The summed E-state index contributed by atoms with van der Waals surface area (Å²) >= 11 is 5.01. The topological polar surface area (TPSA) is 24.9 Å². The summed E-state index contributed by atoms with van der Waals surface area (Å²) in [7, 11) is 0. The second-order valence-electron chi connectivity index (χ2n) is 4.51. The molecule has 0 saturated carbocycles. The molecule has 0 radical (unpaired) electrons. The smallest absolute Gasteiger partial charge is 0.123 e. The van der Waals surface area contributed by atoms with Gasteiger partial charge in [-0.15, -0.1) is 11.3 Å². The lowest BCUT2D eigenvalue weighted by Gasteiger charge is -2.04. The molecule has 2 aromatic carbocycles. The Morgan fingerprint density at radius 2 is 1.95 bits per heavy atom. The Hall–Kier alpha value is -1.72. The van der Waals surface area contributed by atoms with Crippen LogP contribution < -0.4 is 5.32 Å². The van der Waals surface area contributed by atoms with Crippen molar-refractivity contribution in [1.29, 1.82) is 0 Å². The highest BCUT2D eigenvalue weighted by molar-refractivity contribution is 9.10. The number of nitrogens with one attached hydrogen (secondary N) is 1. The SMILES string of the molecule is Fc1ccc(-c2nc(CNc3cccc(Br)c3)cs2)cc1. The normalized spacial score (nSPS) is 10.6. The second kappa shape index (κ2) is 6.37. The molecular formula is C16H12BrFN2S. The van der Waals surface area contributed by atoms with Crippen molar-refractivity contribution in [3.05, 3.63) is 69.9 Å². The Labute approximate surface area is 134 Å². The predicted octanol–water partition coefficient (Wildman–Crippen LogP) is 5.32. The Morgan fingerprint density at radius 1 is 1.14 bits per heavy atom. The van der Waals surface area contributed by atoms with E-state index in [2.05, 4.69) is 26.2 Å². The van der Waals surface area contributed by atoms with Gasteiger partial charge in [0.25, 0.3) is 0 Å². The van der Waals surface area contributed by atoms with Crippen LogP contribution in [0.3, 0.4) is 0 Å². The Balaban J connectivity index is 1.69. The van der Waals surface area contributed by atoms with E-state index in [0.717, 1.165) is 26.4 Å². The van der Waals surface area contributed by atoms with Crippen molar-refractivity contribution in [2.45, 2.75) is 6.54 Å². The summed E-state index contributed by atoms with van der Waals surface area (Å²) in [4.78, 5) is 4.57. The second-order valence-corrected chi connectivity index (χ2v) is 6.29. The van der Waals surface area contributed by atoms with Gasteiger partial charge in [-0.25, -0.2) is 9.37 Å². The van der Waals surface area contributed by atoms with Crippen LogP contribution in [-0.4, -0.2) is 4.98 Å². The van der Waals surface area contributed by atoms with Gasteiger partial charge in [0, 0.05) is 21.1 Å². The molecule has 3 rings (SSSR count). The number of halogens is 2. The minimum absolute atomic E-state index is 0.230. The summed E-state index contributed by atoms with van der Waals surface area (Å²) < 4.78 is 14.0. The summed E-state index contributed by atoms with van der Waals surface area (Å²) in [5, 5.41) is 6.25. The molecule has 1 heterocycles. The lowest BCUT2D eigenvalue weighted by atomic mass is 10.2. The zero-order chi connectivity index (χ0) is 14.7. The van der Waals surface area contributed by atoms with Crippen molar-refractivity contribution in [2.24, 2.45) is 0 Å². The van der Waals surface area contributed by atoms with Gasteiger partial charge in [0.2, 0.25) is 0 Å². The van der Waals surface area contributed by atoms with Crippen molar-refractivity contribution >= 4 is 33.0 Å². The number of thiazole rings is 1. The molecule has 0 amide bonds. The minimum Gasteiger partial charge on any atom is -0.379 e. The van der Waals surface area contributed by atoms with Crippen molar-refractivity contribution < 1.29 is 4.39 Å². The summed E-state index contributed by atoms with van der Waals surface area (Å²) in [6.07, 6.45) is 0. The summed E-state index contributed by atoms with van der Waals surface area (Å²) in [5.74, 6) is -0.230. The molecule has 0 saturated heterocycles. The average molecular weight is 363 g/mol. The van der Waals surface area contributed by atoms with Gasteiger partial charge in [-0.05, 0) is 42.5 Å². The number of nitrogens with zero attached hydrogens (tertiary/aromatic N) is 1. The molecule has 0 spiro atoms. The van der Waals surface area contributed by atoms with E-state index in [-0.39, 0.29) is 5.82 Å². The van der Waals surface area contributed by atoms with E-state index in [1.165, 1.54) is 12.1 Å². The molecule has 2 nitrogen and oxygen atoms in total. The van der Waals surface area contributed by atoms with E-state index < -0.39 is 0 Å². The standard InChI is InChI=1S/C16H12BrFN2S/c17-12-2-1-3-14(8-12)19-9-15-10-21-16(20-15)11-4-6-13(18)7-5-11/h1-8,10,19H,9H2. The maximum absolute atomic E-state index is 12.9. The van der Waals surface area contributed by atoms with E-state index in [9.17, 15) is 4.39 Å². The van der Waals surface area contributed by atoms with Crippen LogP contribution in [0.2, 0.25) is 0 Å². The lowest BCUT2D eigenvalue weighted by molar-refractivity contribution is 0.628. The first-order valence-electron chi connectivity index (χ1n) is 6.40. The molecule has 106 valence electrons. The highest BCUT2D eigenvalue weighted by Gasteiger charge is 2.05. The van der Waals surface area contributed by atoms with Gasteiger partial charge in [-0.3, -0.25) is 0 Å². The molecule has 3 aromatic rings. The van der Waals surface area contributed by atoms with Crippen LogP contribution in [0.15, 0.2) is 58.4 Å². The summed E-state index contributed by atoms with van der Waals surface area (Å²) in [5.41, 5.74) is 2.95. The molecule has 1 N–H and O–H groups in total. The molecule has 0 aliphatic carbocycles. The Morgan fingerprint density at radius 3 is 2.71 bits per heavy atom. The van der Waals surface area contributed by atoms with E-state index in [1.807, 2.05) is 29.6 Å². The van der Waals surface area contributed by atoms with Crippen LogP contribution in [0.25, 0.3) is 10.6 Å². The molecule has 1 aromatic heterocycles. The molecule has 0 bridgehead atoms. The highest BCUT2D eigenvalue weighted by Crippen LogP contribution is 2.24. The fourth-order valence-electron chi connectivity index (χ4n) is 1.90. The van der Waals surface area contributed by atoms with Crippen molar-refractivity contribution in [3.63, 3.8) is 0 Å². The van der Waals surface area contributed by atoms with Crippen molar-refractivity contribution in [1.82, 2.24) is 4.98 Å². The molecule has 0 aliphatic rings. The number of hydrogen-bond donors (Lipinski definition) is 1. The third-order valence-electron chi connectivity index (χ3n) is 2.94. The zero-order valence-electron chi connectivity index (χ0n) is 11.0. The number of rotatable bonds is 4. The van der Waals surface area contributed by atoms with Crippen LogP contribution in [0, 0.1) is 5.82 Å². The van der Waals surface area contributed by atoms with Gasteiger partial charge >= 0.3 is 0 Å². The molecular weight excluding hydrogens is 351 g/mol. The van der Waals surface area contributed by atoms with Gasteiger partial charge in [0.1, 0.15) is 10.8 Å². The Kier molecular flexibility index (Phi) is 4.31. The van der Waals surface area contributed by atoms with Crippen LogP contribution in [-0.2, 0) is 6.54 Å². The van der Waals surface area contributed by atoms with Crippen LogP contribution in [0.5, 0.6) is 0 Å². The summed E-state index contributed by atoms with van der Waals surface area (Å²) in [6, 6.07) is 14.4. The largest absolute Gasteiger partial charge is 0.379 e. The minimum atomic E-state index is -0.230. The van der Waals surface area contributed by atoms with E-state index in [0.29, 0.717) is 6.54 Å². The lowest BCUT2D eigenvalue weighted by Crippen LogP contribution is -1.99. The molecule has 0 unspecified atom stereocenters. The fourth-order valence-corrected chi connectivity index (χ4v) is 3.13. The first-order valence-corrected chi connectivity index (χ1v) is 8.08. The maximum atomic E-state index is 12.9. The van der Waals surface area contributed by atoms with Crippen molar-refractivity contribution in [3.8, 4) is 10.6 Å². The van der Waals surface area contributed by atoms with E-state index in [4.69, 9.17) is 0 Å². The first-order chi connectivity index (χ1) is 10.2. The first kappa shape index (κ1) is 14.2. The van der Waals surface area contributed by atoms with Gasteiger partial charge in [0.05, 0.1) is 12.2 Å². The van der Waals surface area contributed by atoms with Gasteiger partial charge in [-0.1, -0.05) is 22.0 Å². The van der Waals surface area contributed by atoms with Crippen molar-refractivity contribution in [2.75, 3.05) is 5.32 Å². The molecule has 21 heavy (non-hydrogen) atoms. The fraction of sp³-hybridized carbons (Fsp3) is 0.0625. The third kappa shape index (κ3) is 3.68. The van der Waals surface area contributed by atoms with Crippen LogP contribution in [0.1, 0.15) is 5.69 Å². The maximum Gasteiger partial charge on any atom is 0.123 e. The van der Waals surface area contributed by atoms with Crippen LogP contribution >= 0.6 is 27.3 Å². The van der Waals surface area contributed by atoms with Gasteiger partial charge in [0.15, 0.2) is 0 Å². The number of aromatic nitrogens is 1.